The first-order valence-corrected chi connectivity index (χ1v) is 6.32. The monoisotopic (exact) mass is 266 g/mol. The van der Waals surface area contributed by atoms with Gasteiger partial charge in [0.25, 0.3) is 0 Å². The highest BCUT2D eigenvalue weighted by atomic mass is 16.5. The summed E-state index contributed by atoms with van der Waals surface area (Å²) in [5, 5.41) is 1.07. The molecule has 1 aromatic carbocycles. The van der Waals surface area contributed by atoms with E-state index in [1.165, 1.54) is 0 Å². The maximum Gasteiger partial charge on any atom is 0.145 e. The van der Waals surface area contributed by atoms with Gasteiger partial charge >= 0.3 is 0 Å². The molecule has 0 unspecified atom stereocenters. The molecule has 0 N–H and O–H groups in total. The summed E-state index contributed by atoms with van der Waals surface area (Å²) in [7, 11) is 1.64. The van der Waals surface area contributed by atoms with Gasteiger partial charge in [0, 0.05) is 18.7 Å². The van der Waals surface area contributed by atoms with Crippen LogP contribution in [0.2, 0.25) is 0 Å². The lowest BCUT2D eigenvalue weighted by atomic mass is 10.2. The lowest BCUT2D eigenvalue weighted by Gasteiger charge is -1.99. The van der Waals surface area contributed by atoms with Crippen molar-refractivity contribution in [3.05, 3.63) is 60.2 Å². The van der Waals surface area contributed by atoms with E-state index in [2.05, 4.69) is 9.98 Å². The Labute approximate surface area is 116 Å². The number of benzene rings is 1. The molecule has 0 fully saturated rings. The van der Waals surface area contributed by atoms with E-state index >= 15 is 0 Å². The number of aromatic nitrogens is 1. The second kappa shape index (κ2) is 5.67. The molecule has 0 radical (unpaired) electrons. The quantitative estimate of drug-likeness (QED) is 0.676. The van der Waals surface area contributed by atoms with Crippen molar-refractivity contribution in [2.24, 2.45) is 4.99 Å². The number of aliphatic imine (C=N–C) groups is 1. The SMILES string of the molecule is COCc1ccc(C=Nc2cccc3cccnc23)o1. The van der Waals surface area contributed by atoms with E-state index in [0.29, 0.717) is 12.4 Å². The van der Waals surface area contributed by atoms with Gasteiger partial charge in [-0.1, -0.05) is 18.2 Å². The van der Waals surface area contributed by atoms with Crippen molar-refractivity contribution in [3.8, 4) is 0 Å². The molecule has 0 spiro atoms. The Morgan fingerprint density at radius 2 is 2.10 bits per heavy atom. The van der Waals surface area contributed by atoms with E-state index in [1.54, 1.807) is 19.5 Å². The largest absolute Gasteiger partial charge is 0.458 e. The Bertz CT molecular complexity index is 742. The van der Waals surface area contributed by atoms with Crippen molar-refractivity contribution in [1.82, 2.24) is 4.98 Å². The molecule has 100 valence electrons. The number of hydrogen-bond donors (Lipinski definition) is 0. The summed E-state index contributed by atoms with van der Waals surface area (Å²) in [5.74, 6) is 1.48. The highest BCUT2D eigenvalue weighted by Gasteiger charge is 2.01. The molecule has 0 aliphatic heterocycles. The summed E-state index contributed by atoms with van der Waals surface area (Å²) < 4.78 is 10.6. The number of pyridine rings is 1. The minimum atomic E-state index is 0.462. The van der Waals surface area contributed by atoms with Crippen LogP contribution in [0.5, 0.6) is 0 Å². The first kappa shape index (κ1) is 12.6. The molecule has 0 saturated carbocycles. The third-order valence-corrected chi connectivity index (χ3v) is 2.91. The van der Waals surface area contributed by atoms with Gasteiger partial charge in [0.05, 0.1) is 17.4 Å². The standard InChI is InChI=1S/C16H14N2O2/c1-19-11-14-8-7-13(20-14)10-18-15-6-2-4-12-5-3-9-17-16(12)15/h2-10H,11H2,1H3. The molecule has 4 heteroatoms. The van der Waals surface area contributed by atoms with Crippen LogP contribution < -0.4 is 0 Å². The van der Waals surface area contributed by atoms with E-state index < -0.39 is 0 Å². The average molecular weight is 266 g/mol. The zero-order valence-corrected chi connectivity index (χ0v) is 11.1. The van der Waals surface area contributed by atoms with E-state index in [9.17, 15) is 0 Å². The maximum atomic E-state index is 5.56. The van der Waals surface area contributed by atoms with Crippen molar-refractivity contribution in [2.45, 2.75) is 6.61 Å². The molecule has 3 aromatic rings. The number of rotatable bonds is 4. The van der Waals surface area contributed by atoms with Crippen LogP contribution in [0.25, 0.3) is 10.9 Å². The van der Waals surface area contributed by atoms with Crippen LogP contribution in [0.4, 0.5) is 5.69 Å². The molecule has 0 amide bonds. The number of nitrogens with zero attached hydrogens (tertiary/aromatic N) is 2. The molecular formula is C16H14N2O2. The lowest BCUT2D eigenvalue weighted by molar-refractivity contribution is 0.164. The average Bonchev–Trinajstić information content (AvgIpc) is 2.93. The number of furan rings is 1. The van der Waals surface area contributed by atoms with E-state index in [0.717, 1.165) is 22.4 Å². The summed E-state index contributed by atoms with van der Waals surface area (Å²) in [6.07, 6.45) is 3.47. The zero-order valence-electron chi connectivity index (χ0n) is 11.1. The van der Waals surface area contributed by atoms with Crippen molar-refractivity contribution >= 4 is 22.8 Å². The Morgan fingerprint density at radius 1 is 1.20 bits per heavy atom. The van der Waals surface area contributed by atoms with Crippen molar-refractivity contribution in [2.75, 3.05) is 7.11 Å². The number of hydrogen-bond acceptors (Lipinski definition) is 4. The van der Waals surface area contributed by atoms with Crippen molar-refractivity contribution in [3.63, 3.8) is 0 Å². The second-order valence-corrected chi connectivity index (χ2v) is 4.35. The fraction of sp³-hybridized carbons (Fsp3) is 0.125. The van der Waals surface area contributed by atoms with Gasteiger partial charge in [0.2, 0.25) is 0 Å². The molecule has 3 rings (SSSR count). The molecule has 2 aromatic heterocycles. The summed E-state index contributed by atoms with van der Waals surface area (Å²) in [6.45, 7) is 0.462. The molecule has 2 heterocycles. The van der Waals surface area contributed by atoms with Gasteiger partial charge < -0.3 is 9.15 Å². The Kier molecular flexibility index (Phi) is 3.56. The van der Waals surface area contributed by atoms with Crippen LogP contribution in [0.3, 0.4) is 0 Å². The minimum absolute atomic E-state index is 0.462. The Balaban J connectivity index is 1.90. The van der Waals surface area contributed by atoms with Gasteiger partial charge in [0.15, 0.2) is 0 Å². The van der Waals surface area contributed by atoms with Gasteiger partial charge in [-0.05, 0) is 24.3 Å². The van der Waals surface area contributed by atoms with Crippen LogP contribution >= 0.6 is 0 Å². The molecule has 0 saturated heterocycles. The third-order valence-electron chi connectivity index (χ3n) is 2.91. The lowest BCUT2D eigenvalue weighted by Crippen LogP contribution is -1.82. The topological polar surface area (TPSA) is 47.6 Å². The Hall–Kier alpha value is -2.46. The normalized spacial score (nSPS) is 11.4. The van der Waals surface area contributed by atoms with Gasteiger partial charge in [-0.15, -0.1) is 0 Å². The second-order valence-electron chi connectivity index (χ2n) is 4.35. The first-order valence-electron chi connectivity index (χ1n) is 6.32. The molecular weight excluding hydrogens is 252 g/mol. The number of para-hydroxylation sites is 1. The van der Waals surface area contributed by atoms with Gasteiger partial charge in [0.1, 0.15) is 18.1 Å². The predicted molar refractivity (Wildman–Crippen MR) is 78.4 cm³/mol. The third kappa shape index (κ3) is 2.60. The fourth-order valence-electron chi connectivity index (χ4n) is 2.01. The molecule has 0 aliphatic rings. The molecule has 0 aliphatic carbocycles. The van der Waals surface area contributed by atoms with E-state index in [1.807, 2.05) is 42.5 Å². The number of fused-ring (bicyclic) bond motifs is 1. The molecule has 4 nitrogen and oxygen atoms in total. The molecule has 0 bridgehead atoms. The van der Waals surface area contributed by atoms with Crippen molar-refractivity contribution < 1.29 is 9.15 Å². The van der Waals surface area contributed by atoms with Gasteiger partial charge in [-0.3, -0.25) is 9.98 Å². The smallest absolute Gasteiger partial charge is 0.145 e. The van der Waals surface area contributed by atoms with Crippen LogP contribution in [0.1, 0.15) is 11.5 Å². The van der Waals surface area contributed by atoms with Gasteiger partial charge in [-0.25, -0.2) is 0 Å². The number of methoxy groups -OCH3 is 1. The van der Waals surface area contributed by atoms with Crippen LogP contribution in [0, 0.1) is 0 Å². The maximum absolute atomic E-state index is 5.56. The summed E-state index contributed by atoms with van der Waals surface area (Å²) in [6, 6.07) is 13.6. The van der Waals surface area contributed by atoms with Crippen LogP contribution in [-0.2, 0) is 11.3 Å². The zero-order chi connectivity index (χ0) is 13.8. The predicted octanol–water partition coefficient (Wildman–Crippen LogP) is 3.72. The van der Waals surface area contributed by atoms with Crippen LogP contribution in [-0.4, -0.2) is 18.3 Å². The highest BCUT2D eigenvalue weighted by molar-refractivity contribution is 5.91. The highest BCUT2D eigenvalue weighted by Crippen LogP contribution is 2.23. The summed E-state index contributed by atoms with van der Waals surface area (Å²) in [4.78, 5) is 8.82. The van der Waals surface area contributed by atoms with E-state index in [4.69, 9.17) is 9.15 Å². The van der Waals surface area contributed by atoms with Gasteiger partial charge in [-0.2, -0.15) is 0 Å². The fourth-order valence-corrected chi connectivity index (χ4v) is 2.01. The molecule has 20 heavy (non-hydrogen) atoms. The minimum Gasteiger partial charge on any atom is -0.458 e. The first-order chi connectivity index (χ1) is 9.86. The Morgan fingerprint density at radius 3 is 3.00 bits per heavy atom. The van der Waals surface area contributed by atoms with E-state index in [-0.39, 0.29) is 0 Å². The number of ether oxygens (including phenoxy) is 1. The molecule has 0 atom stereocenters. The summed E-state index contributed by atoms with van der Waals surface area (Å²) >= 11 is 0. The van der Waals surface area contributed by atoms with Crippen LogP contribution in [0.15, 0.2) is 58.1 Å². The van der Waals surface area contributed by atoms with Crippen molar-refractivity contribution in [1.29, 1.82) is 0 Å². The summed E-state index contributed by atoms with van der Waals surface area (Å²) in [5.41, 5.74) is 1.71.